The van der Waals surface area contributed by atoms with Crippen LogP contribution in [0.5, 0.6) is 11.5 Å². The van der Waals surface area contributed by atoms with E-state index in [9.17, 15) is 0 Å². The minimum atomic E-state index is 0.302. The van der Waals surface area contributed by atoms with Crippen molar-refractivity contribution >= 4 is 0 Å². The molecule has 0 unspecified atom stereocenters. The Morgan fingerprint density at radius 3 is 2.95 bits per heavy atom. The number of benzene rings is 1. The topological polar surface area (TPSA) is 49.2 Å². The summed E-state index contributed by atoms with van der Waals surface area (Å²) in [6.07, 6.45) is 4.70. The van der Waals surface area contributed by atoms with E-state index in [-0.39, 0.29) is 0 Å². The fourth-order valence-corrected chi connectivity index (χ4v) is 2.73. The van der Waals surface area contributed by atoms with E-state index in [4.69, 9.17) is 9.47 Å². The van der Waals surface area contributed by atoms with Crippen molar-refractivity contribution in [3.63, 3.8) is 0 Å². The maximum atomic E-state index is 5.43. The molecule has 98 valence electrons. The summed E-state index contributed by atoms with van der Waals surface area (Å²) in [6.45, 7) is 1.31. The molecule has 2 aliphatic rings. The first-order valence-electron chi connectivity index (χ1n) is 6.74. The van der Waals surface area contributed by atoms with E-state index < -0.39 is 0 Å². The fourth-order valence-electron chi connectivity index (χ4n) is 2.73. The second kappa shape index (κ2) is 4.26. The number of hydrogen-bond acceptors (Lipinski definition) is 4. The molecule has 0 amide bonds. The Labute approximate surface area is 111 Å². The largest absolute Gasteiger partial charge is 0.454 e. The molecule has 1 aromatic heterocycles. The number of ether oxygens (including phenoxy) is 2. The van der Waals surface area contributed by atoms with E-state index in [0.29, 0.717) is 6.79 Å². The van der Waals surface area contributed by atoms with Crippen molar-refractivity contribution in [2.75, 3.05) is 6.79 Å². The van der Waals surface area contributed by atoms with Crippen LogP contribution in [0, 0.1) is 0 Å². The molecule has 5 nitrogen and oxygen atoms in total. The van der Waals surface area contributed by atoms with E-state index in [1.165, 1.54) is 19.3 Å². The lowest BCUT2D eigenvalue weighted by molar-refractivity contribution is 0.174. The van der Waals surface area contributed by atoms with Crippen LogP contribution in [0.25, 0.3) is 11.4 Å². The van der Waals surface area contributed by atoms with Crippen LogP contribution in [-0.2, 0) is 13.0 Å². The lowest BCUT2D eigenvalue weighted by atomic mass is 10.2. The van der Waals surface area contributed by atoms with Crippen LogP contribution in [0.4, 0.5) is 0 Å². The van der Waals surface area contributed by atoms with Gasteiger partial charge in [0, 0.05) is 18.5 Å². The molecule has 0 bridgehead atoms. The van der Waals surface area contributed by atoms with Crippen molar-refractivity contribution in [1.29, 1.82) is 0 Å². The smallest absolute Gasteiger partial charge is 0.231 e. The van der Waals surface area contributed by atoms with E-state index in [2.05, 4.69) is 14.8 Å². The van der Waals surface area contributed by atoms with Crippen molar-refractivity contribution in [1.82, 2.24) is 14.8 Å². The van der Waals surface area contributed by atoms with Crippen LogP contribution < -0.4 is 9.47 Å². The summed E-state index contributed by atoms with van der Waals surface area (Å²) in [5.41, 5.74) is 1.05. The summed E-state index contributed by atoms with van der Waals surface area (Å²) in [7, 11) is 0. The lowest BCUT2D eigenvalue weighted by Gasteiger charge is -2.07. The van der Waals surface area contributed by atoms with Crippen molar-refractivity contribution < 1.29 is 9.47 Å². The van der Waals surface area contributed by atoms with Crippen LogP contribution in [-0.4, -0.2) is 21.6 Å². The zero-order valence-electron chi connectivity index (χ0n) is 10.6. The Kier molecular flexibility index (Phi) is 2.43. The van der Waals surface area contributed by atoms with Gasteiger partial charge in [-0.2, -0.15) is 0 Å². The number of aryl methyl sites for hydroxylation is 1. The summed E-state index contributed by atoms with van der Waals surface area (Å²) in [5, 5.41) is 8.68. The zero-order valence-corrected chi connectivity index (χ0v) is 10.6. The Morgan fingerprint density at radius 2 is 1.95 bits per heavy atom. The Morgan fingerprint density at radius 1 is 1.00 bits per heavy atom. The van der Waals surface area contributed by atoms with Gasteiger partial charge < -0.3 is 14.0 Å². The van der Waals surface area contributed by atoms with E-state index in [1.807, 2.05) is 18.2 Å². The molecule has 2 aliphatic heterocycles. The SMILES string of the molecule is c1cc2c(cc1-c1nnc3n1CCCCC3)OCO2. The average molecular weight is 257 g/mol. The molecule has 19 heavy (non-hydrogen) atoms. The summed E-state index contributed by atoms with van der Waals surface area (Å²) >= 11 is 0. The average Bonchev–Trinajstić information content (AvgIpc) is 2.99. The molecule has 2 aromatic rings. The Hall–Kier alpha value is -2.04. The molecule has 0 N–H and O–H groups in total. The normalized spacial score (nSPS) is 17.1. The minimum Gasteiger partial charge on any atom is -0.454 e. The predicted octanol–water partition coefficient (Wildman–Crippen LogP) is 2.40. The number of hydrogen-bond donors (Lipinski definition) is 0. The molecule has 0 radical (unpaired) electrons. The second-order valence-electron chi connectivity index (χ2n) is 4.97. The third-order valence-electron chi connectivity index (χ3n) is 3.74. The van der Waals surface area contributed by atoms with Gasteiger partial charge in [-0.1, -0.05) is 6.42 Å². The van der Waals surface area contributed by atoms with Crippen LogP contribution in [0.2, 0.25) is 0 Å². The van der Waals surface area contributed by atoms with Crippen molar-refractivity contribution in [3.05, 3.63) is 24.0 Å². The van der Waals surface area contributed by atoms with Crippen LogP contribution in [0.15, 0.2) is 18.2 Å². The monoisotopic (exact) mass is 257 g/mol. The second-order valence-corrected chi connectivity index (χ2v) is 4.97. The third kappa shape index (κ3) is 1.77. The number of nitrogens with zero attached hydrogens (tertiary/aromatic N) is 3. The molecule has 0 saturated carbocycles. The molecule has 0 fully saturated rings. The first kappa shape index (κ1) is 10.8. The standard InChI is InChI=1S/C14H15N3O2/c1-2-4-13-15-16-14(17(13)7-3-1)10-5-6-11-12(8-10)19-9-18-11/h5-6,8H,1-4,7,9H2. The van der Waals surface area contributed by atoms with E-state index in [1.54, 1.807) is 0 Å². The van der Waals surface area contributed by atoms with Gasteiger partial charge in [0.1, 0.15) is 5.82 Å². The molecule has 3 heterocycles. The number of aromatic nitrogens is 3. The van der Waals surface area contributed by atoms with Crippen LogP contribution in [0.1, 0.15) is 25.1 Å². The van der Waals surface area contributed by atoms with Gasteiger partial charge in [-0.3, -0.25) is 0 Å². The quantitative estimate of drug-likeness (QED) is 0.787. The summed E-state index contributed by atoms with van der Waals surface area (Å²) in [4.78, 5) is 0. The van der Waals surface area contributed by atoms with Gasteiger partial charge in [0.25, 0.3) is 0 Å². The molecule has 1 aromatic carbocycles. The number of fused-ring (bicyclic) bond motifs is 2. The minimum absolute atomic E-state index is 0.302. The van der Waals surface area contributed by atoms with Crippen molar-refractivity contribution in [3.8, 4) is 22.9 Å². The molecule has 0 aliphatic carbocycles. The summed E-state index contributed by atoms with van der Waals surface area (Å²) in [5.74, 6) is 3.64. The molecule has 0 spiro atoms. The van der Waals surface area contributed by atoms with Gasteiger partial charge in [-0.15, -0.1) is 10.2 Å². The highest BCUT2D eigenvalue weighted by molar-refractivity contribution is 5.62. The van der Waals surface area contributed by atoms with Gasteiger partial charge in [-0.25, -0.2) is 0 Å². The van der Waals surface area contributed by atoms with Crippen molar-refractivity contribution in [2.24, 2.45) is 0 Å². The molecular weight excluding hydrogens is 242 g/mol. The first-order chi connectivity index (χ1) is 9.42. The molecule has 0 atom stereocenters. The van der Waals surface area contributed by atoms with Gasteiger partial charge in [0.2, 0.25) is 6.79 Å². The van der Waals surface area contributed by atoms with Crippen LogP contribution >= 0.6 is 0 Å². The molecule has 0 saturated heterocycles. The van der Waals surface area contributed by atoms with Gasteiger partial charge in [-0.05, 0) is 31.0 Å². The van der Waals surface area contributed by atoms with Gasteiger partial charge >= 0.3 is 0 Å². The maximum Gasteiger partial charge on any atom is 0.231 e. The van der Waals surface area contributed by atoms with Crippen molar-refractivity contribution in [2.45, 2.75) is 32.2 Å². The molecule has 5 heteroatoms. The summed E-state index contributed by atoms with van der Waals surface area (Å²) < 4.78 is 13.0. The highest BCUT2D eigenvalue weighted by Crippen LogP contribution is 2.35. The fraction of sp³-hybridized carbons (Fsp3) is 0.429. The highest BCUT2D eigenvalue weighted by Gasteiger charge is 2.19. The van der Waals surface area contributed by atoms with Gasteiger partial charge in [0.05, 0.1) is 0 Å². The van der Waals surface area contributed by atoms with Crippen LogP contribution in [0.3, 0.4) is 0 Å². The zero-order chi connectivity index (χ0) is 12.7. The number of rotatable bonds is 1. The maximum absolute atomic E-state index is 5.43. The Bertz CT molecular complexity index is 621. The summed E-state index contributed by atoms with van der Waals surface area (Å²) in [6, 6.07) is 5.95. The third-order valence-corrected chi connectivity index (χ3v) is 3.74. The van der Waals surface area contributed by atoms with E-state index >= 15 is 0 Å². The molecular formula is C14H15N3O2. The lowest BCUT2D eigenvalue weighted by Crippen LogP contribution is -2.02. The Balaban J connectivity index is 1.78. The van der Waals surface area contributed by atoms with E-state index in [0.717, 1.165) is 41.7 Å². The highest BCUT2D eigenvalue weighted by atomic mass is 16.7. The van der Waals surface area contributed by atoms with Gasteiger partial charge in [0.15, 0.2) is 17.3 Å². The molecule has 4 rings (SSSR count). The predicted molar refractivity (Wildman–Crippen MR) is 69.1 cm³/mol. The first-order valence-corrected chi connectivity index (χ1v) is 6.74.